The minimum absolute atomic E-state index is 0.0330. The average Bonchev–Trinajstić information content (AvgIpc) is 3.42. The number of fused-ring (bicyclic) bond motifs is 1. The summed E-state index contributed by atoms with van der Waals surface area (Å²) in [5.41, 5.74) is 3.98. The van der Waals surface area contributed by atoms with Crippen LogP contribution in [0.4, 0.5) is 28.8 Å². The molecule has 2 aromatic carbocycles. The molecule has 3 N–H and O–H groups in total. The molecule has 0 radical (unpaired) electrons. The van der Waals surface area contributed by atoms with Gasteiger partial charge in [-0.3, -0.25) is 4.79 Å². The topological polar surface area (TPSA) is 94.7 Å². The summed E-state index contributed by atoms with van der Waals surface area (Å²) in [6.07, 6.45) is 2.28. The summed E-state index contributed by atoms with van der Waals surface area (Å²) in [5.74, 6) is 1.66. The Morgan fingerprint density at radius 3 is 2.55 bits per heavy atom. The lowest BCUT2D eigenvalue weighted by Crippen LogP contribution is -2.41. The molecule has 2 aromatic heterocycles. The molecule has 0 spiro atoms. The number of rotatable bonds is 9. The molecule has 0 saturated carbocycles. The van der Waals surface area contributed by atoms with E-state index in [2.05, 4.69) is 52.0 Å². The van der Waals surface area contributed by atoms with Gasteiger partial charge in [-0.2, -0.15) is 4.98 Å². The second-order valence-electron chi connectivity index (χ2n) is 10.5. The highest BCUT2D eigenvalue weighted by atomic mass is 32.1. The molecule has 1 aliphatic rings. The van der Waals surface area contributed by atoms with E-state index < -0.39 is 0 Å². The SMILES string of the molecule is COc1cc(N2CCC(N(C)C)CC2)ccc1Nc1nc(Nc2ccccc2C(=O)NC(C)C)c2sccc2n1. The molecular weight excluding hydrogens is 522 g/mol. The Morgan fingerprint density at radius 2 is 1.82 bits per heavy atom. The standard InChI is InChI=1S/C30H37N7O2S/c1-19(2)31-29(38)22-8-6-7-9-23(22)32-28-27-25(14-17-40-27)34-30(35-28)33-24-11-10-21(18-26(24)39-5)37-15-12-20(13-16-37)36(3)4/h6-11,14,17-20H,12-13,15-16H2,1-5H3,(H,31,38)(H2,32,33,34,35). The summed E-state index contributed by atoms with van der Waals surface area (Å²) >= 11 is 1.55. The largest absolute Gasteiger partial charge is 0.494 e. The summed E-state index contributed by atoms with van der Waals surface area (Å²) in [7, 11) is 5.99. The maximum absolute atomic E-state index is 12.8. The highest BCUT2D eigenvalue weighted by Crippen LogP contribution is 2.35. The number of para-hydroxylation sites is 1. The molecule has 1 aliphatic heterocycles. The fourth-order valence-electron chi connectivity index (χ4n) is 5.00. The number of hydrogen-bond donors (Lipinski definition) is 3. The van der Waals surface area contributed by atoms with Gasteiger partial charge in [0.25, 0.3) is 5.91 Å². The van der Waals surface area contributed by atoms with Crippen molar-refractivity contribution in [3.05, 3.63) is 59.5 Å². The molecule has 1 amide bonds. The van der Waals surface area contributed by atoms with Crippen LogP contribution in [0.1, 0.15) is 37.0 Å². The Bertz CT molecular complexity index is 1480. The lowest BCUT2D eigenvalue weighted by Gasteiger charge is -2.36. The number of carbonyl (C=O) groups is 1. The van der Waals surface area contributed by atoms with Gasteiger partial charge >= 0.3 is 0 Å². The lowest BCUT2D eigenvalue weighted by molar-refractivity contribution is 0.0944. The molecule has 4 aromatic rings. The van der Waals surface area contributed by atoms with Gasteiger partial charge in [-0.15, -0.1) is 11.3 Å². The van der Waals surface area contributed by atoms with E-state index in [9.17, 15) is 4.79 Å². The van der Waals surface area contributed by atoms with Gasteiger partial charge in [-0.25, -0.2) is 4.98 Å². The fraction of sp³-hybridized carbons (Fsp3) is 0.367. The highest BCUT2D eigenvalue weighted by Gasteiger charge is 2.22. The second-order valence-corrected chi connectivity index (χ2v) is 11.4. The number of benzene rings is 2. The average molecular weight is 560 g/mol. The maximum atomic E-state index is 12.8. The lowest BCUT2D eigenvalue weighted by atomic mass is 10.0. The summed E-state index contributed by atoms with van der Waals surface area (Å²) in [5, 5.41) is 11.7. The monoisotopic (exact) mass is 559 g/mol. The second kappa shape index (κ2) is 12.1. The first-order valence-corrected chi connectivity index (χ1v) is 14.5. The van der Waals surface area contributed by atoms with E-state index >= 15 is 0 Å². The van der Waals surface area contributed by atoms with Crippen molar-refractivity contribution in [2.45, 2.75) is 38.8 Å². The van der Waals surface area contributed by atoms with Gasteiger partial charge in [0.2, 0.25) is 5.95 Å². The minimum atomic E-state index is -0.135. The Hall–Kier alpha value is -3.89. The molecule has 10 heteroatoms. The van der Waals surface area contributed by atoms with E-state index in [-0.39, 0.29) is 11.9 Å². The van der Waals surface area contributed by atoms with E-state index in [0.717, 1.165) is 53.3 Å². The summed E-state index contributed by atoms with van der Waals surface area (Å²) in [4.78, 5) is 27.1. The van der Waals surface area contributed by atoms with Crippen molar-refractivity contribution in [2.75, 3.05) is 49.8 Å². The summed E-state index contributed by atoms with van der Waals surface area (Å²) in [6.45, 7) is 5.92. The van der Waals surface area contributed by atoms with Crippen LogP contribution in [0.15, 0.2) is 53.9 Å². The normalized spacial score (nSPS) is 14.1. The van der Waals surface area contributed by atoms with Gasteiger partial charge < -0.3 is 30.5 Å². The third-order valence-corrected chi connectivity index (χ3v) is 8.05. The number of ether oxygens (including phenoxy) is 1. The van der Waals surface area contributed by atoms with Gasteiger partial charge in [0.05, 0.1) is 34.3 Å². The summed E-state index contributed by atoms with van der Waals surface area (Å²) in [6, 6.07) is 16.3. The van der Waals surface area contributed by atoms with Gasteiger partial charge in [-0.05, 0) is 76.5 Å². The molecule has 9 nitrogen and oxygen atoms in total. The molecule has 0 atom stereocenters. The Kier molecular flexibility index (Phi) is 8.37. The number of nitrogens with zero attached hydrogens (tertiary/aromatic N) is 4. The number of carbonyl (C=O) groups excluding carboxylic acids is 1. The zero-order chi connectivity index (χ0) is 28.2. The van der Waals surface area contributed by atoms with E-state index in [1.807, 2.05) is 49.6 Å². The number of methoxy groups -OCH3 is 1. The maximum Gasteiger partial charge on any atom is 0.253 e. The van der Waals surface area contributed by atoms with Crippen molar-refractivity contribution < 1.29 is 9.53 Å². The van der Waals surface area contributed by atoms with Crippen molar-refractivity contribution in [1.82, 2.24) is 20.2 Å². The number of piperidine rings is 1. The number of hydrogen-bond acceptors (Lipinski definition) is 9. The molecular formula is C30H37N7O2S. The first-order valence-electron chi connectivity index (χ1n) is 13.6. The van der Waals surface area contributed by atoms with Crippen LogP contribution < -0.4 is 25.6 Å². The van der Waals surface area contributed by atoms with Crippen LogP contribution in [-0.2, 0) is 0 Å². The number of nitrogens with one attached hydrogen (secondary N) is 3. The first-order chi connectivity index (χ1) is 19.3. The molecule has 210 valence electrons. The Balaban J connectivity index is 1.40. The minimum Gasteiger partial charge on any atom is -0.494 e. The van der Waals surface area contributed by atoms with Crippen LogP contribution in [0.2, 0.25) is 0 Å². The molecule has 1 saturated heterocycles. The van der Waals surface area contributed by atoms with Crippen LogP contribution in [0, 0.1) is 0 Å². The zero-order valence-electron chi connectivity index (χ0n) is 23.7. The van der Waals surface area contributed by atoms with Crippen LogP contribution in [0.25, 0.3) is 10.2 Å². The Labute approximate surface area is 239 Å². The zero-order valence-corrected chi connectivity index (χ0v) is 24.5. The predicted octanol–water partition coefficient (Wildman–Crippen LogP) is 5.86. The molecule has 0 bridgehead atoms. The van der Waals surface area contributed by atoms with Crippen molar-refractivity contribution in [3.8, 4) is 5.75 Å². The smallest absolute Gasteiger partial charge is 0.253 e. The van der Waals surface area contributed by atoms with Crippen molar-refractivity contribution in [3.63, 3.8) is 0 Å². The van der Waals surface area contributed by atoms with Crippen molar-refractivity contribution in [2.24, 2.45) is 0 Å². The van der Waals surface area contributed by atoms with Crippen molar-refractivity contribution >= 4 is 56.3 Å². The molecule has 0 aliphatic carbocycles. The van der Waals surface area contributed by atoms with Crippen LogP contribution in [-0.4, -0.2) is 67.2 Å². The van der Waals surface area contributed by atoms with E-state index in [1.54, 1.807) is 24.5 Å². The third-order valence-electron chi connectivity index (χ3n) is 7.14. The van der Waals surface area contributed by atoms with Crippen LogP contribution in [0.3, 0.4) is 0 Å². The molecule has 0 unspecified atom stereocenters. The fourth-order valence-corrected chi connectivity index (χ4v) is 5.78. The van der Waals surface area contributed by atoms with Gasteiger partial charge in [0.15, 0.2) is 5.82 Å². The quantitative estimate of drug-likeness (QED) is 0.235. The van der Waals surface area contributed by atoms with E-state index in [4.69, 9.17) is 14.7 Å². The molecule has 40 heavy (non-hydrogen) atoms. The van der Waals surface area contributed by atoms with Gasteiger partial charge in [0, 0.05) is 36.9 Å². The van der Waals surface area contributed by atoms with E-state index in [0.29, 0.717) is 29.1 Å². The first kappa shape index (κ1) is 27.7. The van der Waals surface area contributed by atoms with E-state index in [1.165, 1.54) is 0 Å². The molecule has 3 heterocycles. The Morgan fingerprint density at radius 1 is 1.05 bits per heavy atom. The predicted molar refractivity (Wildman–Crippen MR) is 165 cm³/mol. The van der Waals surface area contributed by atoms with Gasteiger partial charge in [0.1, 0.15) is 5.75 Å². The van der Waals surface area contributed by atoms with Crippen molar-refractivity contribution in [1.29, 1.82) is 0 Å². The number of aromatic nitrogens is 2. The van der Waals surface area contributed by atoms with Crippen LogP contribution in [0.5, 0.6) is 5.75 Å². The van der Waals surface area contributed by atoms with Gasteiger partial charge in [-0.1, -0.05) is 12.1 Å². The number of amides is 1. The highest BCUT2D eigenvalue weighted by molar-refractivity contribution is 7.17. The number of thiophene rings is 1. The molecule has 1 fully saturated rings. The van der Waals surface area contributed by atoms with Crippen LogP contribution >= 0.6 is 11.3 Å². The molecule has 5 rings (SSSR count). The summed E-state index contributed by atoms with van der Waals surface area (Å²) < 4.78 is 6.68. The number of anilines is 5. The third kappa shape index (κ3) is 6.13.